The highest BCUT2D eigenvalue weighted by molar-refractivity contribution is 6.68. The zero-order valence-corrected chi connectivity index (χ0v) is 26.9. The van der Waals surface area contributed by atoms with Crippen molar-refractivity contribution in [3.8, 4) is 11.3 Å². The molecule has 3 fully saturated rings. The summed E-state index contributed by atoms with van der Waals surface area (Å²) in [5.41, 5.74) is 2.35. The molecule has 0 saturated carbocycles. The number of nitrogens with zero attached hydrogens (tertiary/aromatic N) is 3. The molecule has 3 saturated heterocycles. The molecule has 3 aromatic rings. The van der Waals surface area contributed by atoms with Crippen molar-refractivity contribution in [2.45, 2.75) is 57.4 Å². The van der Waals surface area contributed by atoms with E-state index < -0.39 is 60.6 Å². The van der Waals surface area contributed by atoms with Gasteiger partial charge in [-0.1, -0.05) is 68.4 Å². The van der Waals surface area contributed by atoms with Gasteiger partial charge in [0.2, 0.25) is 5.91 Å². The molecule has 7 atom stereocenters. The van der Waals surface area contributed by atoms with E-state index in [-0.39, 0.29) is 16.0 Å². The van der Waals surface area contributed by atoms with Crippen LogP contribution in [0.3, 0.4) is 0 Å². The Morgan fingerprint density at radius 3 is 2.09 bits per heavy atom. The number of para-hydroxylation sites is 1. The number of anilines is 1. The molecule has 0 bridgehead atoms. The van der Waals surface area contributed by atoms with E-state index in [1.165, 1.54) is 13.0 Å². The number of aromatic nitrogens is 1. The summed E-state index contributed by atoms with van der Waals surface area (Å²) in [7, 11) is 1.80. The molecule has 0 spiro atoms. The number of aliphatic hydroxyl groups excluding tert-OH is 1. The SMILES string of the molecule is CC(C)C[C@H](NC(=O)[C@@H](NC(=O)c1cccc(-c2ccccc2)n1)[C@@H](C)O)[B-]12OC(=O)[C@H]3CN(c4ccccc4)C[C@@H](C(=O)O1)[N+]32C. The van der Waals surface area contributed by atoms with Gasteiger partial charge in [0.25, 0.3) is 5.91 Å². The number of carbonyl (C=O) groups excluding carboxylic acids is 4. The highest BCUT2D eigenvalue weighted by Crippen LogP contribution is 2.47. The number of quaternary nitrogens is 1. The van der Waals surface area contributed by atoms with Gasteiger partial charge in [-0.25, -0.2) is 14.6 Å². The monoisotopic (exact) mass is 641 g/mol. The van der Waals surface area contributed by atoms with Crippen molar-refractivity contribution < 1.29 is 38.0 Å². The molecule has 0 radical (unpaired) electrons. The smallest absolute Gasteiger partial charge is 0.599 e. The van der Waals surface area contributed by atoms with Gasteiger partial charge in [0.05, 0.1) is 30.8 Å². The number of benzene rings is 2. The maximum Gasteiger partial charge on any atom is 0.606 e. The summed E-state index contributed by atoms with van der Waals surface area (Å²) < 4.78 is 12.1. The fourth-order valence-corrected chi connectivity index (χ4v) is 7.38. The van der Waals surface area contributed by atoms with E-state index in [0.717, 1.165) is 11.3 Å². The van der Waals surface area contributed by atoms with Gasteiger partial charge in [-0.2, -0.15) is 0 Å². The summed E-state index contributed by atoms with van der Waals surface area (Å²) >= 11 is 0. The quantitative estimate of drug-likeness (QED) is 0.283. The van der Waals surface area contributed by atoms with Crippen LogP contribution in [0.1, 0.15) is 37.7 Å². The first-order chi connectivity index (χ1) is 22.4. The van der Waals surface area contributed by atoms with Crippen molar-refractivity contribution in [1.82, 2.24) is 15.6 Å². The molecule has 3 N–H and O–H groups in total. The van der Waals surface area contributed by atoms with Crippen molar-refractivity contribution in [1.29, 1.82) is 0 Å². The summed E-state index contributed by atoms with van der Waals surface area (Å²) in [5, 5.41) is 16.3. The van der Waals surface area contributed by atoms with E-state index in [0.29, 0.717) is 25.2 Å². The van der Waals surface area contributed by atoms with Gasteiger partial charge < -0.3 is 34.3 Å². The molecule has 13 heteroatoms. The molecular formula is C34H40BN5O7. The Morgan fingerprint density at radius 1 is 0.915 bits per heavy atom. The molecule has 0 aliphatic carbocycles. The van der Waals surface area contributed by atoms with E-state index >= 15 is 0 Å². The minimum Gasteiger partial charge on any atom is -0.599 e. The Hall–Kier alpha value is -4.75. The lowest BCUT2D eigenvalue weighted by molar-refractivity contribution is -0.845. The molecule has 2 aromatic carbocycles. The summed E-state index contributed by atoms with van der Waals surface area (Å²) in [5.74, 6) is -3.28. The summed E-state index contributed by atoms with van der Waals surface area (Å²) in [6, 6.07) is 21.0. The van der Waals surface area contributed by atoms with E-state index in [1.54, 1.807) is 19.2 Å². The van der Waals surface area contributed by atoms with Crippen LogP contribution in [-0.2, 0) is 23.7 Å². The van der Waals surface area contributed by atoms with Gasteiger partial charge in [0.15, 0.2) is 12.1 Å². The second kappa shape index (κ2) is 12.5. The Kier molecular flexibility index (Phi) is 8.54. The zero-order valence-electron chi connectivity index (χ0n) is 26.9. The number of piperazine rings is 1. The van der Waals surface area contributed by atoms with Crippen molar-refractivity contribution in [3.05, 3.63) is 84.6 Å². The Balaban J connectivity index is 1.26. The van der Waals surface area contributed by atoms with Gasteiger partial charge in [0, 0.05) is 18.3 Å². The van der Waals surface area contributed by atoms with E-state index in [2.05, 4.69) is 15.6 Å². The Labute approximate surface area is 273 Å². The van der Waals surface area contributed by atoms with Crippen LogP contribution in [0, 0.1) is 5.92 Å². The van der Waals surface area contributed by atoms with Crippen LogP contribution < -0.4 is 15.5 Å². The first-order valence-electron chi connectivity index (χ1n) is 16.0. The second-order valence-electron chi connectivity index (χ2n) is 13.3. The molecule has 12 nitrogen and oxygen atoms in total. The first-order valence-corrected chi connectivity index (χ1v) is 16.0. The van der Waals surface area contributed by atoms with E-state index in [4.69, 9.17) is 9.31 Å². The molecule has 4 heterocycles. The largest absolute Gasteiger partial charge is 0.606 e. The van der Waals surface area contributed by atoms with Crippen molar-refractivity contribution in [3.63, 3.8) is 0 Å². The number of hydrogen-bond donors (Lipinski definition) is 3. The van der Waals surface area contributed by atoms with Gasteiger partial charge in [-0.05, 0) is 43.5 Å². The van der Waals surface area contributed by atoms with E-state index in [1.807, 2.05) is 79.4 Å². The van der Waals surface area contributed by atoms with Crippen LogP contribution in [-0.4, -0.2) is 95.2 Å². The molecule has 2 unspecified atom stereocenters. The molecule has 246 valence electrons. The minimum absolute atomic E-state index is 0.00576. The molecular weight excluding hydrogens is 601 g/mol. The lowest BCUT2D eigenvalue weighted by atomic mass is 9.56. The second-order valence-corrected chi connectivity index (χ2v) is 13.3. The fraction of sp³-hybridized carbons (Fsp3) is 0.382. The zero-order chi connectivity index (χ0) is 33.5. The van der Waals surface area contributed by atoms with Crippen LogP contribution in [0.15, 0.2) is 78.9 Å². The summed E-state index contributed by atoms with van der Waals surface area (Å²) in [6.45, 7) is 3.14. The number of rotatable bonds is 10. The van der Waals surface area contributed by atoms with Crippen LogP contribution in [0.25, 0.3) is 11.3 Å². The molecule has 2 amide bonds. The topological polar surface area (TPSA) is 147 Å². The van der Waals surface area contributed by atoms with Crippen LogP contribution in [0.4, 0.5) is 5.69 Å². The predicted octanol–water partition coefficient (Wildman–Crippen LogP) is 2.05. The standard InChI is InChI=1S/C34H40BN5O7/c1-21(2)18-29(35-40(4)27(33(44)46-35)19-39(20-28(40)34(45)47-35)24-14-9-6-10-15-24)37-32(43)30(22(3)41)38-31(42)26-17-11-16-25(36-26)23-12-7-5-8-13-23/h5-17,21-22,27-30,41H,18-20H2,1-4H3,(H,37,43)(H,38,42)/t22-,27-,28+,29+,30+,35?,40?/m1/s1. The third-order valence-corrected chi connectivity index (χ3v) is 9.80. The molecule has 47 heavy (non-hydrogen) atoms. The number of aliphatic hydroxyl groups is 1. The number of amides is 2. The van der Waals surface area contributed by atoms with Gasteiger partial charge in [0.1, 0.15) is 11.7 Å². The lowest BCUT2D eigenvalue weighted by Crippen LogP contribution is -2.79. The molecule has 6 rings (SSSR count). The molecule has 3 aliphatic rings. The number of nitrogens with one attached hydrogen (secondary N) is 2. The van der Waals surface area contributed by atoms with Crippen molar-refractivity contribution >= 4 is 36.1 Å². The van der Waals surface area contributed by atoms with Gasteiger partial charge in [-0.3, -0.25) is 9.59 Å². The average molecular weight is 642 g/mol. The fourth-order valence-electron chi connectivity index (χ4n) is 7.38. The lowest BCUT2D eigenvalue weighted by Gasteiger charge is -2.54. The van der Waals surface area contributed by atoms with E-state index in [9.17, 15) is 24.3 Å². The maximum absolute atomic E-state index is 13.9. The number of likely N-dealkylation sites (N-methyl/N-ethyl adjacent to an activating group) is 1. The maximum atomic E-state index is 13.9. The predicted molar refractivity (Wildman–Crippen MR) is 174 cm³/mol. The number of pyridine rings is 1. The summed E-state index contributed by atoms with van der Waals surface area (Å²) in [6.07, 6.45) is -0.985. The van der Waals surface area contributed by atoms with Crippen LogP contribution in [0.2, 0.25) is 0 Å². The minimum atomic E-state index is -2.75. The first kappa shape index (κ1) is 32.2. The molecule has 1 aromatic heterocycles. The average Bonchev–Trinajstić information content (AvgIpc) is 3.42. The highest BCUT2D eigenvalue weighted by Gasteiger charge is 2.78. The normalized spacial score (nSPS) is 26.6. The van der Waals surface area contributed by atoms with Crippen molar-refractivity contribution in [2.24, 2.45) is 5.92 Å². The van der Waals surface area contributed by atoms with Gasteiger partial charge >= 0.3 is 18.6 Å². The molecule has 3 aliphatic heterocycles. The van der Waals surface area contributed by atoms with Crippen LogP contribution in [0.5, 0.6) is 0 Å². The van der Waals surface area contributed by atoms with Gasteiger partial charge in [-0.15, -0.1) is 0 Å². The highest BCUT2D eigenvalue weighted by atomic mass is 16.7. The third-order valence-electron chi connectivity index (χ3n) is 9.80. The number of carbonyl (C=O) groups is 4. The Bertz CT molecular complexity index is 1640. The van der Waals surface area contributed by atoms with Crippen molar-refractivity contribution in [2.75, 3.05) is 25.0 Å². The Morgan fingerprint density at radius 2 is 1.51 bits per heavy atom. The summed E-state index contributed by atoms with van der Waals surface area (Å²) in [4.78, 5) is 60.9. The number of hydrogen-bond acceptors (Lipinski definition) is 9. The third kappa shape index (κ3) is 5.63. The van der Waals surface area contributed by atoms with Crippen LogP contribution >= 0.6 is 0 Å².